The number of hydrogen-bond acceptors (Lipinski definition) is 4. The summed E-state index contributed by atoms with van der Waals surface area (Å²) in [4.78, 5) is 20.9. The number of benzene rings is 2. The number of hydrogen-bond donors (Lipinski definition) is 2. The van der Waals surface area contributed by atoms with Crippen molar-refractivity contribution in [2.24, 2.45) is 0 Å². The molecule has 1 amide bonds. The van der Waals surface area contributed by atoms with Crippen LogP contribution in [0.15, 0.2) is 60.7 Å². The number of nitrogens with zero attached hydrogens (tertiary/aromatic N) is 2. The average molecular weight is 379 g/mol. The summed E-state index contributed by atoms with van der Waals surface area (Å²) in [7, 11) is 0. The van der Waals surface area contributed by atoms with Crippen LogP contribution in [0, 0.1) is 13.8 Å². The fourth-order valence-corrected chi connectivity index (χ4v) is 2.75. The van der Waals surface area contributed by atoms with E-state index in [9.17, 15) is 4.79 Å². The van der Waals surface area contributed by atoms with Gasteiger partial charge in [-0.05, 0) is 61.9 Å². The van der Waals surface area contributed by atoms with Gasteiger partial charge in [-0.3, -0.25) is 4.79 Å². The SMILES string of the molecule is Cc1cc(C)nc(Nc2cccc(NC(=O)/C=C/c3cccc(Cl)c3)c2)n1. The maximum absolute atomic E-state index is 12.2. The standard InChI is InChI=1S/C21H19ClN4O/c1-14-11-15(2)24-21(23-14)26-19-8-4-7-18(13-19)25-20(27)10-9-16-5-3-6-17(22)12-16/h3-13H,1-2H3,(H,25,27)(H,23,24,26)/b10-9+. The van der Waals surface area contributed by atoms with Gasteiger partial charge in [-0.25, -0.2) is 9.97 Å². The Bertz CT molecular complexity index is 981. The third-order valence-corrected chi connectivity index (χ3v) is 3.88. The molecule has 0 aliphatic heterocycles. The highest BCUT2D eigenvalue weighted by molar-refractivity contribution is 6.30. The van der Waals surface area contributed by atoms with Crippen molar-refractivity contribution < 1.29 is 4.79 Å². The highest BCUT2D eigenvalue weighted by atomic mass is 35.5. The zero-order chi connectivity index (χ0) is 19.2. The minimum Gasteiger partial charge on any atom is -0.324 e. The molecule has 0 spiro atoms. The Morgan fingerprint density at radius 2 is 1.67 bits per heavy atom. The van der Waals surface area contributed by atoms with Gasteiger partial charge in [0.05, 0.1) is 0 Å². The second-order valence-electron chi connectivity index (χ2n) is 6.06. The predicted molar refractivity (Wildman–Crippen MR) is 110 cm³/mol. The summed E-state index contributed by atoms with van der Waals surface area (Å²) in [5, 5.41) is 6.62. The fourth-order valence-electron chi connectivity index (χ4n) is 2.55. The molecule has 27 heavy (non-hydrogen) atoms. The number of nitrogens with one attached hydrogen (secondary N) is 2. The van der Waals surface area contributed by atoms with Gasteiger partial charge in [-0.1, -0.05) is 29.8 Å². The van der Waals surface area contributed by atoms with E-state index in [0.717, 1.165) is 22.6 Å². The van der Waals surface area contributed by atoms with Crippen molar-refractivity contribution in [3.05, 3.63) is 82.6 Å². The van der Waals surface area contributed by atoms with Crippen LogP contribution in [-0.2, 0) is 4.79 Å². The lowest BCUT2D eigenvalue weighted by Gasteiger charge is -2.09. The number of aryl methyl sites for hydroxylation is 2. The Hall–Kier alpha value is -3.18. The lowest BCUT2D eigenvalue weighted by molar-refractivity contribution is -0.111. The molecule has 3 aromatic rings. The third-order valence-electron chi connectivity index (χ3n) is 3.64. The van der Waals surface area contributed by atoms with Crippen LogP contribution in [0.2, 0.25) is 5.02 Å². The van der Waals surface area contributed by atoms with Crippen LogP contribution in [0.5, 0.6) is 0 Å². The van der Waals surface area contributed by atoms with Gasteiger partial charge in [0.1, 0.15) is 0 Å². The number of carbonyl (C=O) groups is 1. The molecule has 0 atom stereocenters. The highest BCUT2D eigenvalue weighted by Gasteiger charge is 2.03. The van der Waals surface area contributed by atoms with E-state index in [2.05, 4.69) is 20.6 Å². The lowest BCUT2D eigenvalue weighted by atomic mass is 10.2. The number of aromatic nitrogens is 2. The molecule has 5 nitrogen and oxygen atoms in total. The van der Waals surface area contributed by atoms with Gasteiger partial charge >= 0.3 is 0 Å². The number of amides is 1. The molecular weight excluding hydrogens is 360 g/mol. The van der Waals surface area contributed by atoms with Crippen LogP contribution in [0.25, 0.3) is 6.08 Å². The second-order valence-corrected chi connectivity index (χ2v) is 6.49. The first kappa shape index (κ1) is 18.6. The van der Waals surface area contributed by atoms with E-state index in [0.29, 0.717) is 16.7 Å². The molecule has 3 rings (SSSR count). The summed E-state index contributed by atoms with van der Waals surface area (Å²) < 4.78 is 0. The van der Waals surface area contributed by atoms with Crippen LogP contribution in [0.4, 0.5) is 17.3 Å². The molecule has 0 bridgehead atoms. The van der Waals surface area contributed by atoms with E-state index < -0.39 is 0 Å². The summed E-state index contributed by atoms with van der Waals surface area (Å²) in [5.74, 6) is 0.298. The van der Waals surface area contributed by atoms with Crippen LogP contribution in [0.1, 0.15) is 17.0 Å². The highest BCUT2D eigenvalue weighted by Crippen LogP contribution is 2.19. The molecule has 0 unspecified atom stereocenters. The van der Waals surface area contributed by atoms with Crippen molar-refractivity contribution in [1.29, 1.82) is 0 Å². The molecule has 0 fully saturated rings. The van der Waals surface area contributed by atoms with Crippen LogP contribution in [-0.4, -0.2) is 15.9 Å². The van der Waals surface area contributed by atoms with Crippen LogP contribution >= 0.6 is 11.6 Å². The maximum atomic E-state index is 12.2. The van der Waals surface area contributed by atoms with Crippen molar-refractivity contribution in [3.63, 3.8) is 0 Å². The van der Waals surface area contributed by atoms with Gasteiger partial charge in [0.15, 0.2) is 0 Å². The Morgan fingerprint density at radius 3 is 2.41 bits per heavy atom. The van der Waals surface area contributed by atoms with Crippen LogP contribution in [0.3, 0.4) is 0 Å². The van der Waals surface area contributed by atoms with Gasteiger partial charge < -0.3 is 10.6 Å². The van der Waals surface area contributed by atoms with Gasteiger partial charge in [0.2, 0.25) is 11.9 Å². The Kier molecular flexibility index (Phi) is 5.84. The number of halogens is 1. The van der Waals surface area contributed by atoms with E-state index in [-0.39, 0.29) is 5.91 Å². The number of anilines is 3. The van der Waals surface area contributed by atoms with Crippen molar-refractivity contribution in [3.8, 4) is 0 Å². The molecule has 2 aromatic carbocycles. The monoisotopic (exact) mass is 378 g/mol. The van der Waals surface area contributed by atoms with Crippen molar-refractivity contribution in [1.82, 2.24) is 9.97 Å². The average Bonchev–Trinajstić information content (AvgIpc) is 2.59. The summed E-state index contributed by atoms with van der Waals surface area (Å²) >= 11 is 5.94. The molecule has 136 valence electrons. The largest absolute Gasteiger partial charge is 0.324 e. The molecule has 1 heterocycles. The quantitative estimate of drug-likeness (QED) is 0.603. The molecule has 2 N–H and O–H groups in total. The zero-order valence-electron chi connectivity index (χ0n) is 15.0. The summed E-state index contributed by atoms with van der Waals surface area (Å²) in [6, 6.07) is 16.6. The normalized spacial score (nSPS) is 10.8. The Morgan fingerprint density at radius 1 is 0.963 bits per heavy atom. The molecule has 0 aliphatic carbocycles. The van der Waals surface area contributed by atoms with Gasteiger partial charge in [-0.2, -0.15) is 0 Å². The van der Waals surface area contributed by atoms with Crippen molar-refractivity contribution in [2.45, 2.75) is 13.8 Å². The summed E-state index contributed by atoms with van der Waals surface area (Å²) in [5.41, 5.74) is 4.10. The molecule has 0 aliphatic rings. The third kappa shape index (κ3) is 5.66. The first-order chi connectivity index (χ1) is 13.0. The first-order valence-electron chi connectivity index (χ1n) is 8.42. The molecule has 6 heteroatoms. The minimum absolute atomic E-state index is 0.227. The Labute approximate surface area is 163 Å². The predicted octanol–water partition coefficient (Wildman–Crippen LogP) is 5.14. The van der Waals surface area contributed by atoms with E-state index >= 15 is 0 Å². The molecule has 0 saturated heterocycles. The lowest BCUT2D eigenvalue weighted by Crippen LogP contribution is -2.08. The van der Waals surface area contributed by atoms with Crippen molar-refractivity contribution >= 4 is 40.9 Å². The fraction of sp³-hybridized carbons (Fsp3) is 0.0952. The summed E-state index contributed by atoms with van der Waals surface area (Å²) in [6.07, 6.45) is 3.19. The molecule has 0 radical (unpaired) electrons. The topological polar surface area (TPSA) is 66.9 Å². The smallest absolute Gasteiger partial charge is 0.248 e. The van der Waals surface area contributed by atoms with E-state index in [4.69, 9.17) is 11.6 Å². The summed E-state index contributed by atoms with van der Waals surface area (Å²) in [6.45, 7) is 3.84. The number of rotatable bonds is 5. The maximum Gasteiger partial charge on any atom is 0.248 e. The number of carbonyl (C=O) groups excluding carboxylic acids is 1. The van der Waals surface area contributed by atoms with Gasteiger partial charge in [-0.15, -0.1) is 0 Å². The van der Waals surface area contributed by atoms with E-state index in [1.165, 1.54) is 6.08 Å². The molecule has 1 aromatic heterocycles. The molecule has 0 saturated carbocycles. The van der Waals surface area contributed by atoms with Crippen LogP contribution < -0.4 is 10.6 Å². The Balaban J connectivity index is 1.67. The van der Waals surface area contributed by atoms with E-state index in [1.54, 1.807) is 18.2 Å². The van der Waals surface area contributed by atoms with Gasteiger partial charge in [0.25, 0.3) is 0 Å². The van der Waals surface area contributed by atoms with E-state index in [1.807, 2.05) is 56.3 Å². The van der Waals surface area contributed by atoms with Crippen molar-refractivity contribution in [2.75, 3.05) is 10.6 Å². The second kappa shape index (κ2) is 8.47. The van der Waals surface area contributed by atoms with Gasteiger partial charge in [0, 0.05) is 33.9 Å². The zero-order valence-corrected chi connectivity index (χ0v) is 15.8. The molecular formula is C21H19ClN4O. The minimum atomic E-state index is -0.227. The first-order valence-corrected chi connectivity index (χ1v) is 8.80.